The Morgan fingerprint density at radius 3 is 2.14 bits per heavy atom. The third-order valence-corrected chi connectivity index (χ3v) is 5.98. The molecule has 3 rings (SSSR count). The molecule has 2 N–H and O–H groups in total. The van der Waals surface area contributed by atoms with Gasteiger partial charge in [-0.15, -0.1) is 0 Å². The first-order chi connectivity index (χ1) is 17.1. The van der Waals surface area contributed by atoms with Crippen molar-refractivity contribution in [2.75, 3.05) is 13.2 Å². The Morgan fingerprint density at radius 1 is 0.771 bits per heavy atom. The molecule has 0 saturated carbocycles. The molecular formula is C28H31BrN2O4. The van der Waals surface area contributed by atoms with Crippen LogP contribution in [0.4, 0.5) is 0 Å². The molecule has 0 radical (unpaired) electrons. The zero-order valence-corrected chi connectivity index (χ0v) is 21.5. The number of carbonyl (C=O) groups excluding carboxylic acids is 2. The van der Waals surface area contributed by atoms with E-state index in [1.807, 2.05) is 18.2 Å². The Labute approximate surface area is 215 Å². The number of unbranched alkanes of at least 4 members (excludes halogenated alkanes) is 3. The first-order valence-corrected chi connectivity index (χ1v) is 12.7. The van der Waals surface area contributed by atoms with Crippen molar-refractivity contribution < 1.29 is 19.1 Å². The van der Waals surface area contributed by atoms with Crippen LogP contribution in [0.1, 0.15) is 58.9 Å². The number of nitrogens with one attached hydrogen (secondary N) is 2. The summed E-state index contributed by atoms with van der Waals surface area (Å²) in [6.07, 6.45) is 5.34. The Bertz CT molecular complexity index is 1090. The van der Waals surface area contributed by atoms with Crippen molar-refractivity contribution in [3.05, 3.63) is 94.0 Å². The average Bonchev–Trinajstić information content (AvgIpc) is 2.89. The van der Waals surface area contributed by atoms with Crippen molar-refractivity contribution >= 4 is 27.7 Å². The molecule has 0 saturated heterocycles. The molecule has 0 heterocycles. The largest absolute Gasteiger partial charge is 0.494 e. The van der Waals surface area contributed by atoms with Crippen molar-refractivity contribution in [3.8, 4) is 11.5 Å². The van der Waals surface area contributed by atoms with Gasteiger partial charge in [-0.1, -0.05) is 56.5 Å². The zero-order valence-electron chi connectivity index (χ0n) is 19.9. The molecule has 0 atom stereocenters. The molecule has 6 nitrogen and oxygen atoms in total. The maximum absolute atomic E-state index is 12.5. The van der Waals surface area contributed by atoms with Crippen LogP contribution >= 0.6 is 15.9 Å². The Kier molecular flexibility index (Phi) is 10.6. The molecule has 184 valence electrons. The van der Waals surface area contributed by atoms with E-state index in [2.05, 4.69) is 45.8 Å². The second-order valence-electron chi connectivity index (χ2n) is 8.07. The van der Waals surface area contributed by atoms with E-state index in [4.69, 9.17) is 9.47 Å². The molecule has 0 unspecified atom stereocenters. The molecular weight excluding hydrogens is 508 g/mol. The molecule has 3 aromatic carbocycles. The van der Waals surface area contributed by atoms with Crippen molar-refractivity contribution in [2.45, 2.75) is 39.0 Å². The fourth-order valence-corrected chi connectivity index (χ4v) is 3.86. The number of hydrogen-bond acceptors (Lipinski definition) is 4. The normalized spacial score (nSPS) is 10.5. The van der Waals surface area contributed by atoms with Gasteiger partial charge in [0.05, 0.1) is 17.7 Å². The van der Waals surface area contributed by atoms with E-state index in [1.165, 1.54) is 18.4 Å². The lowest BCUT2D eigenvalue weighted by Gasteiger charge is -2.11. The summed E-state index contributed by atoms with van der Waals surface area (Å²) >= 11 is 3.45. The minimum absolute atomic E-state index is 0.388. The molecule has 0 fully saturated rings. The van der Waals surface area contributed by atoms with Crippen LogP contribution in [0, 0.1) is 0 Å². The lowest BCUT2D eigenvalue weighted by atomic mass is 10.2. The number of rotatable bonds is 12. The third-order valence-electron chi connectivity index (χ3n) is 5.36. The predicted molar refractivity (Wildman–Crippen MR) is 141 cm³/mol. The summed E-state index contributed by atoms with van der Waals surface area (Å²) in [5.74, 6) is 0.530. The Hall–Kier alpha value is -3.32. The van der Waals surface area contributed by atoms with Crippen LogP contribution in [-0.2, 0) is 6.42 Å². The Balaban J connectivity index is 1.43. The summed E-state index contributed by atoms with van der Waals surface area (Å²) in [6.45, 7) is 3.35. The molecule has 0 aliphatic heterocycles. The van der Waals surface area contributed by atoms with Gasteiger partial charge in [0.1, 0.15) is 11.5 Å². The number of carbonyl (C=O) groups is 2. The number of benzene rings is 3. The molecule has 35 heavy (non-hydrogen) atoms. The summed E-state index contributed by atoms with van der Waals surface area (Å²) in [7, 11) is 0. The van der Waals surface area contributed by atoms with Gasteiger partial charge in [0.15, 0.2) is 0 Å². The monoisotopic (exact) mass is 538 g/mol. The second kappa shape index (κ2) is 14.2. The number of halogens is 1. The highest BCUT2D eigenvalue weighted by Gasteiger charge is 2.12. The van der Waals surface area contributed by atoms with Gasteiger partial charge in [0.2, 0.25) is 0 Å². The highest BCUT2D eigenvalue weighted by Crippen LogP contribution is 2.26. The van der Waals surface area contributed by atoms with E-state index < -0.39 is 11.8 Å². The molecule has 3 aromatic rings. The van der Waals surface area contributed by atoms with Crippen molar-refractivity contribution in [1.82, 2.24) is 10.9 Å². The van der Waals surface area contributed by atoms with Crippen molar-refractivity contribution in [2.24, 2.45) is 0 Å². The highest BCUT2D eigenvalue weighted by molar-refractivity contribution is 9.10. The van der Waals surface area contributed by atoms with E-state index in [0.29, 0.717) is 34.6 Å². The van der Waals surface area contributed by atoms with Crippen LogP contribution < -0.4 is 20.3 Å². The molecule has 7 heteroatoms. The van der Waals surface area contributed by atoms with Crippen molar-refractivity contribution in [1.29, 1.82) is 0 Å². The van der Waals surface area contributed by atoms with Gasteiger partial charge in [0, 0.05) is 17.5 Å². The third kappa shape index (κ3) is 8.76. The van der Waals surface area contributed by atoms with Gasteiger partial charge >= 0.3 is 0 Å². The zero-order chi connectivity index (χ0) is 24.9. The fourth-order valence-electron chi connectivity index (χ4n) is 3.36. The predicted octanol–water partition coefficient (Wildman–Crippen LogP) is 6.10. The first kappa shape index (κ1) is 26.3. The van der Waals surface area contributed by atoms with E-state index in [0.717, 1.165) is 25.0 Å². The summed E-state index contributed by atoms with van der Waals surface area (Å²) in [5, 5.41) is 0. The smallest absolute Gasteiger partial charge is 0.269 e. The van der Waals surface area contributed by atoms with Crippen LogP contribution in [0.2, 0.25) is 0 Å². The van der Waals surface area contributed by atoms with Gasteiger partial charge < -0.3 is 9.47 Å². The topological polar surface area (TPSA) is 76.7 Å². The second-order valence-corrected chi connectivity index (χ2v) is 8.93. The van der Waals surface area contributed by atoms with Gasteiger partial charge in [-0.25, -0.2) is 0 Å². The lowest BCUT2D eigenvalue weighted by Crippen LogP contribution is -2.41. The standard InChI is InChI=1S/C28H31BrN2O4/c1-2-3-4-8-18-34-24-14-11-22(12-15-24)27(32)30-31-28(33)23-13-16-26(25(29)20-23)35-19-17-21-9-6-5-7-10-21/h5-7,9-16,20H,2-4,8,17-19H2,1H3,(H,30,32)(H,31,33). The van der Waals surface area contributed by atoms with Crippen LogP contribution in [0.15, 0.2) is 77.3 Å². The maximum Gasteiger partial charge on any atom is 0.269 e. The van der Waals surface area contributed by atoms with Crippen LogP contribution in [-0.4, -0.2) is 25.0 Å². The SMILES string of the molecule is CCCCCCOc1ccc(C(=O)NNC(=O)c2ccc(OCCc3ccccc3)c(Br)c2)cc1. The number of hydrazine groups is 1. The fraction of sp³-hybridized carbons (Fsp3) is 0.286. The molecule has 0 spiro atoms. The summed E-state index contributed by atoms with van der Waals surface area (Å²) in [5.41, 5.74) is 6.90. The summed E-state index contributed by atoms with van der Waals surface area (Å²) in [4.78, 5) is 24.9. The first-order valence-electron chi connectivity index (χ1n) is 11.9. The van der Waals surface area contributed by atoms with Crippen LogP contribution in [0.5, 0.6) is 11.5 Å². The van der Waals surface area contributed by atoms with Crippen molar-refractivity contribution in [3.63, 3.8) is 0 Å². The van der Waals surface area contributed by atoms with Crippen LogP contribution in [0.3, 0.4) is 0 Å². The summed E-state index contributed by atoms with van der Waals surface area (Å²) in [6, 6.07) is 22.0. The maximum atomic E-state index is 12.5. The minimum atomic E-state index is -0.429. The number of amides is 2. The van der Waals surface area contributed by atoms with Gasteiger partial charge in [0.25, 0.3) is 11.8 Å². The molecule has 2 amide bonds. The van der Waals surface area contributed by atoms with Gasteiger partial charge in [-0.2, -0.15) is 0 Å². The Morgan fingerprint density at radius 2 is 1.46 bits per heavy atom. The molecule has 0 aliphatic carbocycles. The highest BCUT2D eigenvalue weighted by atomic mass is 79.9. The van der Waals surface area contributed by atoms with E-state index in [1.54, 1.807) is 42.5 Å². The molecule has 0 aromatic heterocycles. The molecule has 0 aliphatic rings. The van der Waals surface area contributed by atoms with E-state index >= 15 is 0 Å². The number of ether oxygens (including phenoxy) is 2. The quantitative estimate of drug-likeness (QED) is 0.215. The van der Waals surface area contributed by atoms with Gasteiger partial charge in [-0.3, -0.25) is 20.4 Å². The van der Waals surface area contributed by atoms with Gasteiger partial charge in [-0.05, 0) is 70.4 Å². The summed E-state index contributed by atoms with van der Waals surface area (Å²) < 4.78 is 12.2. The van der Waals surface area contributed by atoms with E-state index in [9.17, 15) is 9.59 Å². The van der Waals surface area contributed by atoms with E-state index in [-0.39, 0.29) is 0 Å². The number of hydrogen-bond donors (Lipinski definition) is 2. The molecule has 0 bridgehead atoms. The minimum Gasteiger partial charge on any atom is -0.494 e. The average molecular weight is 539 g/mol. The lowest BCUT2D eigenvalue weighted by molar-refractivity contribution is 0.0846. The van der Waals surface area contributed by atoms with Crippen LogP contribution in [0.25, 0.3) is 0 Å².